The number of ether oxygens (including phenoxy) is 1. The zero-order valence-corrected chi connectivity index (χ0v) is 18.1. The molecule has 0 spiro atoms. The highest BCUT2D eigenvalue weighted by Gasteiger charge is 2.21. The molecule has 28 heavy (non-hydrogen) atoms. The zero-order valence-electron chi connectivity index (χ0n) is 15.1. The van der Waals surface area contributed by atoms with Gasteiger partial charge in [0.2, 0.25) is 5.91 Å². The van der Waals surface area contributed by atoms with E-state index < -0.39 is 0 Å². The molecule has 1 saturated heterocycles. The van der Waals surface area contributed by atoms with Gasteiger partial charge in [-0.3, -0.25) is 9.69 Å². The van der Waals surface area contributed by atoms with Crippen LogP contribution in [0, 0.1) is 0 Å². The molecule has 1 aliphatic heterocycles. The van der Waals surface area contributed by atoms with E-state index in [1.807, 2.05) is 12.1 Å². The Hall–Kier alpha value is -1.01. The zero-order chi connectivity index (χ0) is 20.1. The smallest absolute Gasteiger partial charge is 0.224 e. The summed E-state index contributed by atoms with van der Waals surface area (Å²) in [6.07, 6.45) is 0.136. The first-order chi connectivity index (χ1) is 13.4. The Morgan fingerprint density at radius 1 is 1.07 bits per heavy atom. The average Bonchev–Trinajstić information content (AvgIpc) is 2.66. The van der Waals surface area contributed by atoms with Crippen molar-refractivity contribution in [1.82, 2.24) is 10.2 Å². The van der Waals surface area contributed by atoms with Crippen LogP contribution in [0.25, 0.3) is 0 Å². The van der Waals surface area contributed by atoms with Crippen molar-refractivity contribution in [3.63, 3.8) is 0 Å². The molecule has 1 heterocycles. The minimum atomic E-state index is -0.102. The lowest BCUT2D eigenvalue weighted by atomic mass is 10.1. The molecule has 1 unspecified atom stereocenters. The van der Waals surface area contributed by atoms with Crippen LogP contribution in [-0.4, -0.2) is 43.2 Å². The van der Waals surface area contributed by atoms with Crippen LogP contribution in [0.3, 0.4) is 0 Å². The number of amides is 1. The second kappa shape index (κ2) is 10.1. The van der Waals surface area contributed by atoms with Gasteiger partial charge in [-0.05, 0) is 35.4 Å². The number of nitrogens with zero attached hydrogens (tertiary/aromatic N) is 1. The van der Waals surface area contributed by atoms with Gasteiger partial charge in [0.1, 0.15) is 0 Å². The van der Waals surface area contributed by atoms with Gasteiger partial charge in [-0.1, -0.05) is 58.5 Å². The number of halogens is 4. The Kier molecular flexibility index (Phi) is 7.86. The van der Waals surface area contributed by atoms with Crippen LogP contribution in [0.15, 0.2) is 36.4 Å². The molecule has 0 bridgehead atoms. The summed E-state index contributed by atoms with van der Waals surface area (Å²) in [7, 11) is 0. The fraction of sp³-hybridized carbons (Fsp3) is 0.350. The lowest BCUT2D eigenvalue weighted by Gasteiger charge is -2.33. The number of benzene rings is 2. The Labute approximate surface area is 184 Å². The molecule has 1 atom stereocenters. The van der Waals surface area contributed by atoms with Crippen molar-refractivity contribution < 1.29 is 9.53 Å². The minimum absolute atomic E-state index is 0.0684. The fourth-order valence-electron chi connectivity index (χ4n) is 3.07. The largest absolute Gasteiger partial charge is 0.374 e. The molecule has 0 radical (unpaired) electrons. The van der Waals surface area contributed by atoms with Crippen molar-refractivity contribution >= 4 is 52.3 Å². The Bertz CT molecular complexity index is 847. The second-order valence-corrected chi connectivity index (χ2v) is 8.35. The van der Waals surface area contributed by atoms with Crippen LogP contribution in [0.4, 0.5) is 0 Å². The third-order valence-electron chi connectivity index (χ3n) is 4.51. The first kappa shape index (κ1) is 21.7. The monoisotopic (exact) mass is 460 g/mol. The van der Waals surface area contributed by atoms with Gasteiger partial charge in [-0.25, -0.2) is 0 Å². The van der Waals surface area contributed by atoms with Crippen molar-refractivity contribution in [3.05, 3.63) is 67.6 Å². The standard InChI is InChI=1S/C20H20Cl4N2O2/c21-15-3-2-14(18(23)9-15)8-20(27)25-10-16-12-26(5-6-28-16)11-13-1-4-17(22)19(24)7-13/h1-4,7,9,16H,5-6,8,10-12H2,(H,25,27). The summed E-state index contributed by atoms with van der Waals surface area (Å²) in [5.74, 6) is -0.102. The molecule has 4 nitrogen and oxygen atoms in total. The van der Waals surface area contributed by atoms with Gasteiger partial charge < -0.3 is 10.1 Å². The number of rotatable bonds is 6. The fourth-order valence-corrected chi connectivity index (χ4v) is 3.87. The normalized spacial score (nSPS) is 17.5. The predicted molar refractivity (Wildman–Crippen MR) is 115 cm³/mol. The average molecular weight is 462 g/mol. The second-order valence-electron chi connectivity index (χ2n) is 6.69. The molecule has 1 amide bonds. The van der Waals surface area contributed by atoms with Crippen LogP contribution in [0.2, 0.25) is 20.1 Å². The van der Waals surface area contributed by atoms with Gasteiger partial charge in [0.05, 0.1) is 29.2 Å². The van der Waals surface area contributed by atoms with E-state index in [1.165, 1.54) is 0 Å². The molecule has 0 saturated carbocycles. The molecule has 1 fully saturated rings. The van der Waals surface area contributed by atoms with E-state index in [4.69, 9.17) is 51.1 Å². The maximum atomic E-state index is 12.2. The van der Waals surface area contributed by atoms with E-state index in [1.54, 1.807) is 24.3 Å². The van der Waals surface area contributed by atoms with Gasteiger partial charge in [0.15, 0.2) is 0 Å². The molecule has 0 aromatic heterocycles. The van der Waals surface area contributed by atoms with Gasteiger partial charge >= 0.3 is 0 Å². The summed E-state index contributed by atoms with van der Waals surface area (Å²) in [4.78, 5) is 14.5. The van der Waals surface area contributed by atoms with Crippen molar-refractivity contribution in [2.24, 2.45) is 0 Å². The molecular weight excluding hydrogens is 442 g/mol. The third-order valence-corrected chi connectivity index (χ3v) is 5.83. The highest BCUT2D eigenvalue weighted by Crippen LogP contribution is 2.24. The van der Waals surface area contributed by atoms with Crippen molar-refractivity contribution in [2.75, 3.05) is 26.2 Å². The summed E-state index contributed by atoms with van der Waals surface area (Å²) < 4.78 is 5.78. The molecule has 0 aliphatic carbocycles. The van der Waals surface area contributed by atoms with Crippen LogP contribution in [0.1, 0.15) is 11.1 Å². The van der Waals surface area contributed by atoms with Gasteiger partial charge in [-0.15, -0.1) is 0 Å². The van der Waals surface area contributed by atoms with E-state index in [0.717, 1.165) is 30.8 Å². The molecule has 150 valence electrons. The summed E-state index contributed by atoms with van der Waals surface area (Å²) in [6.45, 7) is 3.37. The maximum absolute atomic E-state index is 12.2. The lowest BCUT2D eigenvalue weighted by molar-refractivity contribution is -0.121. The lowest BCUT2D eigenvalue weighted by Crippen LogP contribution is -2.47. The van der Waals surface area contributed by atoms with Crippen LogP contribution < -0.4 is 5.32 Å². The Morgan fingerprint density at radius 3 is 2.64 bits per heavy atom. The van der Waals surface area contributed by atoms with Crippen molar-refractivity contribution in [1.29, 1.82) is 0 Å². The molecule has 2 aromatic rings. The third kappa shape index (κ3) is 6.24. The minimum Gasteiger partial charge on any atom is -0.374 e. The molecule has 1 N–H and O–H groups in total. The number of hydrogen-bond acceptors (Lipinski definition) is 3. The van der Waals surface area contributed by atoms with Gasteiger partial charge in [-0.2, -0.15) is 0 Å². The summed E-state index contributed by atoms with van der Waals surface area (Å²) >= 11 is 24.1. The topological polar surface area (TPSA) is 41.6 Å². The summed E-state index contributed by atoms with van der Waals surface area (Å²) in [5, 5.41) is 5.06. The number of carbonyl (C=O) groups is 1. The van der Waals surface area contributed by atoms with Crippen LogP contribution in [-0.2, 0) is 22.5 Å². The maximum Gasteiger partial charge on any atom is 0.224 e. The molecular formula is C20H20Cl4N2O2. The van der Waals surface area contributed by atoms with Crippen LogP contribution >= 0.6 is 46.4 Å². The quantitative estimate of drug-likeness (QED) is 0.667. The first-order valence-corrected chi connectivity index (χ1v) is 10.4. The molecule has 3 rings (SSSR count). The van der Waals surface area contributed by atoms with E-state index in [9.17, 15) is 4.79 Å². The number of morpholine rings is 1. The van der Waals surface area contributed by atoms with Crippen molar-refractivity contribution in [3.8, 4) is 0 Å². The predicted octanol–water partition coefficient (Wildman–Crippen LogP) is 4.86. The van der Waals surface area contributed by atoms with Gasteiger partial charge in [0, 0.05) is 36.2 Å². The van der Waals surface area contributed by atoms with Crippen molar-refractivity contribution in [2.45, 2.75) is 19.1 Å². The van der Waals surface area contributed by atoms with Gasteiger partial charge in [0.25, 0.3) is 0 Å². The molecule has 1 aliphatic rings. The summed E-state index contributed by atoms with van der Waals surface area (Å²) in [5.41, 5.74) is 1.84. The number of carbonyl (C=O) groups excluding carboxylic acids is 1. The highest BCUT2D eigenvalue weighted by molar-refractivity contribution is 6.42. The number of nitrogens with one attached hydrogen (secondary N) is 1. The molecule has 8 heteroatoms. The summed E-state index contributed by atoms with van der Waals surface area (Å²) in [6, 6.07) is 10.8. The van der Waals surface area contributed by atoms with Crippen LogP contribution in [0.5, 0.6) is 0 Å². The SMILES string of the molecule is O=C(Cc1ccc(Cl)cc1Cl)NCC1CN(Cc2ccc(Cl)c(Cl)c2)CCO1. The van der Waals surface area contributed by atoms with E-state index in [-0.39, 0.29) is 18.4 Å². The van der Waals surface area contributed by atoms with E-state index >= 15 is 0 Å². The van der Waals surface area contributed by atoms with E-state index in [0.29, 0.717) is 33.2 Å². The van der Waals surface area contributed by atoms with E-state index in [2.05, 4.69) is 10.2 Å². The Balaban J connectivity index is 1.47. The first-order valence-electron chi connectivity index (χ1n) is 8.89. The highest BCUT2D eigenvalue weighted by atomic mass is 35.5. The number of hydrogen-bond donors (Lipinski definition) is 1. The Morgan fingerprint density at radius 2 is 1.89 bits per heavy atom. The molecule has 2 aromatic carbocycles.